The number of nitrogens with zero attached hydrogens (tertiary/aromatic N) is 3. The summed E-state index contributed by atoms with van der Waals surface area (Å²) in [5, 5.41) is 0. The molecule has 0 amide bonds. The number of aryl methyl sites for hydroxylation is 1. The SMILES string of the molecule is Cc1ccc(-n2c(-c3ccccc3)cc(C=c3sc4nc5ccccc5n4c3=O)c2-c2ccccc2)cc1. The molecule has 0 aliphatic heterocycles. The lowest BCUT2D eigenvalue weighted by molar-refractivity contribution is 1.09. The summed E-state index contributed by atoms with van der Waals surface area (Å²) >= 11 is 1.43. The van der Waals surface area contributed by atoms with Crippen LogP contribution < -0.4 is 10.1 Å². The summed E-state index contributed by atoms with van der Waals surface area (Å²) in [6.45, 7) is 2.10. The molecule has 4 aromatic carbocycles. The second-order valence-corrected chi connectivity index (χ2v) is 10.4. The van der Waals surface area contributed by atoms with Crippen molar-refractivity contribution < 1.29 is 0 Å². The van der Waals surface area contributed by atoms with Crippen LogP contribution in [0.2, 0.25) is 0 Å². The zero-order valence-electron chi connectivity index (χ0n) is 20.7. The van der Waals surface area contributed by atoms with E-state index in [1.54, 1.807) is 4.40 Å². The van der Waals surface area contributed by atoms with E-state index >= 15 is 0 Å². The minimum atomic E-state index is -0.0398. The number of aromatic nitrogens is 3. The molecule has 0 unspecified atom stereocenters. The molecule has 0 N–H and O–H groups in total. The molecule has 38 heavy (non-hydrogen) atoms. The molecule has 0 bridgehead atoms. The van der Waals surface area contributed by atoms with Gasteiger partial charge in [0.05, 0.1) is 27.0 Å². The van der Waals surface area contributed by atoms with Crippen LogP contribution in [0.15, 0.2) is 120 Å². The maximum Gasteiger partial charge on any atom is 0.274 e. The lowest BCUT2D eigenvalue weighted by Crippen LogP contribution is -2.22. The highest BCUT2D eigenvalue weighted by molar-refractivity contribution is 7.15. The predicted octanol–water partition coefficient (Wildman–Crippen LogP) is 6.89. The number of hydrogen-bond acceptors (Lipinski definition) is 3. The molecule has 7 rings (SSSR count). The Morgan fingerprint density at radius 3 is 2.16 bits per heavy atom. The summed E-state index contributed by atoms with van der Waals surface area (Å²) in [5.74, 6) is 0. The van der Waals surface area contributed by atoms with Crippen molar-refractivity contribution in [2.45, 2.75) is 6.92 Å². The first-order valence-corrected chi connectivity index (χ1v) is 13.3. The smallest absolute Gasteiger partial charge is 0.274 e. The summed E-state index contributed by atoms with van der Waals surface area (Å²) in [6.07, 6.45) is 2.02. The Hall–Kier alpha value is -4.74. The lowest BCUT2D eigenvalue weighted by Gasteiger charge is -2.15. The first-order valence-electron chi connectivity index (χ1n) is 12.5. The normalized spacial score (nSPS) is 12.1. The van der Waals surface area contributed by atoms with E-state index in [1.165, 1.54) is 16.9 Å². The minimum absolute atomic E-state index is 0.0398. The fraction of sp³-hybridized carbons (Fsp3) is 0.0303. The van der Waals surface area contributed by atoms with Crippen molar-refractivity contribution >= 4 is 33.4 Å². The van der Waals surface area contributed by atoms with Crippen LogP contribution in [0.4, 0.5) is 0 Å². The molecule has 0 saturated heterocycles. The van der Waals surface area contributed by atoms with E-state index in [9.17, 15) is 4.79 Å². The number of rotatable bonds is 4. The summed E-state index contributed by atoms with van der Waals surface area (Å²) in [4.78, 5) is 19.0. The first-order chi connectivity index (χ1) is 18.7. The molecule has 5 heteroatoms. The molecule has 7 aromatic rings. The third-order valence-electron chi connectivity index (χ3n) is 6.87. The van der Waals surface area contributed by atoms with Gasteiger partial charge in [0, 0.05) is 11.3 Å². The van der Waals surface area contributed by atoms with Gasteiger partial charge in [-0.2, -0.15) is 0 Å². The maximum absolute atomic E-state index is 13.6. The van der Waals surface area contributed by atoms with Gasteiger partial charge in [0.2, 0.25) is 0 Å². The Bertz CT molecular complexity index is 2030. The van der Waals surface area contributed by atoms with E-state index in [2.05, 4.69) is 90.4 Å². The van der Waals surface area contributed by atoms with Crippen molar-refractivity contribution in [1.29, 1.82) is 0 Å². The number of benzene rings is 4. The largest absolute Gasteiger partial charge is 0.309 e. The highest BCUT2D eigenvalue weighted by Crippen LogP contribution is 2.36. The second kappa shape index (κ2) is 8.98. The first kappa shape index (κ1) is 22.5. The van der Waals surface area contributed by atoms with E-state index in [0.717, 1.165) is 44.8 Å². The summed E-state index contributed by atoms with van der Waals surface area (Å²) < 4.78 is 4.69. The highest BCUT2D eigenvalue weighted by Gasteiger charge is 2.19. The van der Waals surface area contributed by atoms with Crippen molar-refractivity contribution in [1.82, 2.24) is 14.0 Å². The average Bonchev–Trinajstić information content (AvgIpc) is 3.61. The summed E-state index contributed by atoms with van der Waals surface area (Å²) in [5.41, 5.74) is 9.21. The molecule has 0 spiro atoms. The molecule has 182 valence electrons. The van der Waals surface area contributed by atoms with Gasteiger partial charge in [-0.05, 0) is 54.5 Å². The molecular weight excluding hydrogens is 486 g/mol. The number of thiazole rings is 1. The van der Waals surface area contributed by atoms with E-state index in [-0.39, 0.29) is 5.56 Å². The Labute approximate surface area is 223 Å². The van der Waals surface area contributed by atoms with Crippen LogP contribution in [0.3, 0.4) is 0 Å². The van der Waals surface area contributed by atoms with Gasteiger partial charge >= 0.3 is 0 Å². The van der Waals surface area contributed by atoms with Crippen molar-refractivity contribution in [2.75, 3.05) is 0 Å². The van der Waals surface area contributed by atoms with Crippen molar-refractivity contribution in [3.8, 4) is 28.2 Å². The van der Waals surface area contributed by atoms with E-state index < -0.39 is 0 Å². The zero-order chi connectivity index (χ0) is 25.6. The molecule has 0 saturated carbocycles. The minimum Gasteiger partial charge on any atom is -0.309 e. The fourth-order valence-electron chi connectivity index (χ4n) is 5.07. The second-order valence-electron chi connectivity index (χ2n) is 9.37. The van der Waals surface area contributed by atoms with Crippen molar-refractivity contribution in [3.05, 3.63) is 141 Å². The van der Waals surface area contributed by atoms with Crippen LogP contribution in [0.1, 0.15) is 11.1 Å². The van der Waals surface area contributed by atoms with Crippen LogP contribution in [0.25, 0.3) is 50.3 Å². The molecule has 0 fully saturated rings. The molecule has 4 nitrogen and oxygen atoms in total. The molecule has 0 radical (unpaired) electrons. The Balaban J connectivity index is 1.56. The number of imidazole rings is 1. The van der Waals surface area contributed by atoms with E-state index in [4.69, 9.17) is 4.98 Å². The third kappa shape index (κ3) is 3.67. The molecule has 3 aromatic heterocycles. The summed E-state index contributed by atoms with van der Waals surface area (Å²) in [6, 6.07) is 39.3. The van der Waals surface area contributed by atoms with Crippen LogP contribution in [0.5, 0.6) is 0 Å². The van der Waals surface area contributed by atoms with Gasteiger partial charge < -0.3 is 4.57 Å². The van der Waals surface area contributed by atoms with Gasteiger partial charge in [-0.15, -0.1) is 0 Å². The third-order valence-corrected chi connectivity index (χ3v) is 7.84. The maximum atomic E-state index is 13.6. The lowest BCUT2D eigenvalue weighted by atomic mass is 10.1. The molecular formula is C33H23N3OS. The standard InChI is InChI=1S/C33H23N3OS/c1-22-16-18-26(19-17-22)35-29(23-10-4-2-5-11-23)20-25(31(35)24-12-6-3-7-13-24)21-30-32(37)36-28-15-9-8-14-27(28)34-33(36)38-30/h2-21H,1H3. The van der Waals surface area contributed by atoms with Gasteiger partial charge in [-0.1, -0.05) is 102 Å². The molecule has 0 aliphatic carbocycles. The topological polar surface area (TPSA) is 39.3 Å². The average molecular weight is 510 g/mol. The monoisotopic (exact) mass is 509 g/mol. The van der Waals surface area contributed by atoms with Gasteiger partial charge in [-0.25, -0.2) is 9.38 Å². The van der Waals surface area contributed by atoms with E-state index in [1.807, 2.05) is 42.5 Å². The van der Waals surface area contributed by atoms with Gasteiger partial charge in [-0.3, -0.25) is 4.79 Å². The quantitative estimate of drug-likeness (QED) is 0.259. The Kier molecular flexibility index (Phi) is 5.31. The number of hydrogen-bond donors (Lipinski definition) is 0. The van der Waals surface area contributed by atoms with Gasteiger partial charge in [0.1, 0.15) is 0 Å². The van der Waals surface area contributed by atoms with Gasteiger partial charge in [0.15, 0.2) is 4.96 Å². The van der Waals surface area contributed by atoms with Crippen molar-refractivity contribution in [2.24, 2.45) is 0 Å². The predicted molar refractivity (Wildman–Crippen MR) is 157 cm³/mol. The van der Waals surface area contributed by atoms with Gasteiger partial charge in [0.25, 0.3) is 5.56 Å². The van der Waals surface area contributed by atoms with Crippen molar-refractivity contribution in [3.63, 3.8) is 0 Å². The van der Waals surface area contributed by atoms with Crippen LogP contribution in [-0.4, -0.2) is 14.0 Å². The van der Waals surface area contributed by atoms with Crippen LogP contribution in [0, 0.1) is 6.92 Å². The van der Waals surface area contributed by atoms with Crippen LogP contribution in [-0.2, 0) is 0 Å². The molecule has 0 atom stereocenters. The molecule has 3 heterocycles. The fourth-order valence-corrected chi connectivity index (χ4v) is 6.05. The van der Waals surface area contributed by atoms with Crippen LogP contribution >= 0.6 is 11.3 Å². The Morgan fingerprint density at radius 2 is 1.42 bits per heavy atom. The number of para-hydroxylation sites is 2. The van der Waals surface area contributed by atoms with E-state index in [0.29, 0.717) is 9.49 Å². The number of fused-ring (bicyclic) bond motifs is 3. The Morgan fingerprint density at radius 1 is 0.763 bits per heavy atom. The summed E-state index contributed by atoms with van der Waals surface area (Å²) in [7, 11) is 0. The highest BCUT2D eigenvalue weighted by atomic mass is 32.1. The molecule has 0 aliphatic rings. The zero-order valence-corrected chi connectivity index (χ0v) is 21.5.